The molecule has 2 heterocycles. The van der Waals surface area contributed by atoms with Gasteiger partial charge in [-0.25, -0.2) is 4.98 Å². The molecule has 0 radical (unpaired) electrons. The van der Waals surface area contributed by atoms with E-state index in [1.165, 1.54) is 22.4 Å². The van der Waals surface area contributed by atoms with Crippen molar-refractivity contribution in [2.75, 3.05) is 5.73 Å². The first-order valence-corrected chi connectivity index (χ1v) is 10.6. The molecule has 0 saturated heterocycles. The van der Waals surface area contributed by atoms with Crippen molar-refractivity contribution in [3.05, 3.63) is 35.2 Å². The molecule has 0 fully saturated rings. The molecule has 1 unspecified atom stereocenters. The number of fused-ring (bicyclic) bond motifs is 1. The molecule has 26 heavy (non-hydrogen) atoms. The number of anilines is 1. The minimum absolute atomic E-state index is 0.404. The van der Waals surface area contributed by atoms with Gasteiger partial charge in [-0.3, -0.25) is 0 Å². The van der Waals surface area contributed by atoms with Crippen LogP contribution in [0.25, 0.3) is 9.53 Å². The van der Waals surface area contributed by atoms with E-state index in [4.69, 9.17) is 5.73 Å². The normalized spacial score (nSPS) is 13.7. The SMILES string of the molecule is CC(CCc1cc2sc(/N=N/c3ccc(N)cc3)nc2s1)CC(C)(C)C. The Hall–Kier alpha value is -1.79. The van der Waals surface area contributed by atoms with Crippen molar-refractivity contribution in [3.8, 4) is 0 Å². The minimum Gasteiger partial charge on any atom is -0.399 e. The number of nitrogens with two attached hydrogens (primary N) is 1. The summed E-state index contributed by atoms with van der Waals surface area (Å²) in [5, 5.41) is 9.19. The number of aromatic nitrogens is 1. The third-order valence-corrected chi connectivity index (χ3v) is 6.22. The maximum Gasteiger partial charge on any atom is 0.231 e. The summed E-state index contributed by atoms with van der Waals surface area (Å²) in [6.45, 7) is 9.30. The Morgan fingerprint density at radius 2 is 1.85 bits per heavy atom. The molecular formula is C20H26N4S2. The summed E-state index contributed by atoms with van der Waals surface area (Å²) in [6.07, 6.45) is 3.63. The van der Waals surface area contributed by atoms with E-state index in [1.807, 2.05) is 24.3 Å². The van der Waals surface area contributed by atoms with E-state index in [-0.39, 0.29) is 0 Å². The van der Waals surface area contributed by atoms with Crippen molar-refractivity contribution >= 4 is 48.7 Å². The first-order chi connectivity index (χ1) is 12.3. The second-order valence-electron chi connectivity index (χ2n) is 8.08. The van der Waals surface area contributed by atoms with Gasteiger partial charge in [0.2, 0.25) is 5.13 Å². The number of nitrogen functional groups attached to an aromatic ring is 1. The van der Waals surface area contributed by atoms with E-state index in [0.29, 0.717) is 10.5 Å². The van der Waals surface area contributed by atoms with Crippen molar-refractivity contribution in [3.63, 3.8) is 0 Å². The molecule has 0 aliphatic carbocycles. The highest BCUT2D eigenvalue weighted by Crippen LogP contribution is 2.36. The van der Waals surface area contributed by atoms with Crippen LogP contribution in [0.2, 0.25) is 0 Å². The Balaban J connectivity index is 1.61. The zero-order valence-electron chi connectivity index (χ0n) is 15.8. The number of thiophene rings is 1. The Kier molecular flexibility index (Phi) is 5.73. The number of thiazole rings is 1. The monoisotopic (exact) mass is 386 g/mol. The Morgan fingerprint density at radius 1 is 1.12 bits per heavy atom. The largest absolute Gasteiger partial charge is 0.399 e. The predicted octanol–water partition coefficient (Wildman–Crippen LogP) is 7.36. The summed E-state index contributed by atoms with van der Waals surface area (Å²) < 4.78 is 1.21. The number of hydrogen-bond acceptors (Lipinski definition) is 6. The van der Waals surface area contributed by atoms with E-state index in [1.54, 1.807) is 22.7 Å². The van der Waals surface area contributed by atoms with Crippen LogP contribution in [0, 0.1) is 11.3 Å². The van der Waals surface area contributed by atoms with Crippen LogP contribution in [0.3, 0.4) is 0 Å². The van der Waals surface area contributed by atoms with Gasteiger partial charge in [0.05, 0.1) is 10.4 Å². The molecule has 0 spiro atoms. The lowest BCUT2D eigenvalue weighted by atomic mass is 9.83. The van der Waals surface area contributed by atoms with Gasteiger partial charge in [-0.05, 0) is 60.9 Å². The highest BCUT2D eigenvalue weighted by molar-refractivity contribution is 7.28. The summed E-state index contributed by atoms with van der Waals surface area (Å²) in [6, 6.07) is 9.62. The van der Waals surface area contributed by atoms with Crippen molar-refractivity contribution < 1.29 is 0 Å². The molecule has 2 N–H and O–H groups in total. The zero-order chi connectivity index (χ0) is 18.7. The molecule has 0 aliphatic heterocycles. The van der Waals surface area contributed by atoms with Crippen molar-refractivity contribution in [2.24, 2.45) is 21.6 Å². The maximum absolute atomic E-state index is 5.68. The standard InChI is InChI=1S/C20H26N4S2/c1-13(12-20(2,3)4)5-10-16-11-17-18(25-16)22-19(26-17)24-23-15-8-6-14(21)7-9-15/h6-9,11,13H,5,10,12,21H2,1-4H3/b24-23+. The molecule has 1 atom stereocenters. The fraction of sp³-hybridized carbons (Fsp3) is 0.450. The van der Waals surface area contributed by atoms with E-state index in [0.717, 1.165) is 28.5 Å². The van der Waals surface area contributed by atoms with Gasteiger partial charge in [0, 0.05) is 10.6 Å². The summed E-state index contributed by atoms with van der Waals surface area (Å²) in [4.78, 5) is 7.09. The maximum atomic E-state index is 5.68. The summed E-state index contributed by atoms with van der Waals surface area (Å²) >= 11 is 3.38. The third kappa shape index (κ3) is 5.35. The van der Waals surface area contributed by atoms with Crippen molar-refractivity contribution in [1.29, 1.82) is 0 Å². The highest BCUT2D eigenvalue weighted by Gasteiger charge is 2.16. The molecule has 3 aromatic rings. The average molecular weight is 387 g/mol. The van der Waals surface area contributed by atoms with Gasteiger partial charge in [0.1, 0.15) is 4.83 Å². The topological polar surface area (TPSA) is 63.6 Å². The summed E-state index contributed by atoms with van der Waals surface area (Å²) in [5.41, 5.74) is 7.59. The fourth-order valence-corrected chi connectivity index (χ4v) is 5.18. The van der Waals surface area contributed by atoms with Crippen LogP contribution in [-0.2, 0) is 6.42 Å². The summed E-state index contributed by atoms with van der Waals surface area (Å²) in [7, 11) is 0. The molecule has 0 bridgehead atoms. The smallest absolute Gasteiger partial charge is 0.231 e. The first kappa shape index (κ1) is 19.0. The zero-order valence-corrected chi connectivity index (χ0v) is 17.5. The molecule has 138 valence electrons. The van der Waals surface area contributed by atoms with Gasteiger partial charge in [0.15, 0.2) is 0 Å². The Labute approximate surface area is 163 Å². The minimum atomic E-state index is 0.404. The molecule has 0 aliphatic rings. The molecule has 4 nitrogen and oxygen atoms in total. The molecule has 0 saturated carbocycles. The average Bonchev–Trinajstić information content (AvgIpc) is 3.09. The number of benzene rings is 1. The second kappa shape index (κ2) is 7.84. The van der Waals surface area contributed by atoms with E-state index >= 15 is 0 Å². The summed E-state index contributed by atoms with van der Waals surface area (Å²) in [5.74, 6) is 0.743. The highest BCUT2D eigenvalue weighted by atomic mass is 32.1. The molecular weight excluding hydrogens is 360 g/mol. The predicted molar refractivity (Wildman–Crippen MR) is 114 cm³/mol. The number of azo groups is 1. The lowest BCUT2D eigenvalue weighted by Gasteiger charge is -2.22. The van der Waals surface area contributed by atoms with Crippen LogP contribution in [0.5, 0.6) is 0 Å². The molecule has 6 heteroatoms. The molecule has 0 amide bonds. The van der Waals surface area contributed by atoms with E-state index in [2.05, 4.69) is 49.0 Å². The Bertz CT molecular complexity index is 853. The lowest BCUT2D eigenvalue weighted by Crippen LogP contribution is -2.11. The van der Waals surface area contributed by atoms with Crippen LogP contribution in [-0.4, -0.2) is 4.98 Å². The lowest BCUT2D eigenvalue weighted by molar-refractivity contribution is 0.297. The van der Waals surface area contributed by atoms with Crippen LogP contribution in [0.1, 0.15) is 45.4 Å². The Morgan fingerprint density at radius 3 is 2.50 bits per heavy atom. The van der Waals surface area contributed by atoms with Gasteiger partial charge < -0.3 is 5.73 Å². The quantitative estimate of drug-likeness (QED) is 0.355. The van der Waals surface area contributed by atoms with E-state index < -0.39 is 0 Å². The van der Waals surface area contributed by atoms with E-state index in [9.17, 15) is 0 Å². The van der Waals surface area contributed by atoms with Gasteiger partial charge in [-0.2, -0.15) is 0 Å². The van der Waals surface area contributed by atoms with Crippen LogP contribution in [0.15, 0.2) is 40.6 Å². The third-order valence-electron chi connectivity index (χ3n) is 4.12. The van der Waals surface area contributed by atoms with Crippen LogP contribution < -0.4 is 5.73 Å². The van der Waals surface area contributed by atoms with Crippen LogP contribution in [0.4, 0.5) is 16.5 Å². The van der Waals surface area contributed by atoms with Crippen LogP contribution >= 0.6 is 22.7 Å². The first-order valence-electron chi connectivity index (χ1n) is 8.95. The number of rotatable bonds is 6. The number of nitrogens with zero attached hydrogens (tertiary/aromatic N) is 3. The molecule has 3 rings (SSSR count). The molecule has 1 aromatic carbocycles. The fourth-order valence-electron chi connectivity index (χ4n) is 3.11. The van der Waals surface area contributed by atoms with Crippen molar-refractivity contribution in [1.82, 2.24) is 4.98 Å². The second-order valence-corrected chi connectivity index (χ2v) is 10.2. The van der Waals surface area contributed by atoms with Gasteiger partial charge in [-0.15, -0.1) is 21.6 Å². The number of aryl methyl sites for hydroxylation is 1. The number of hydrogen-bond donors (Lipinski definition) is 1. The molecule has 2 aromatic heterocycles. The van der Waals surface area contributed by atoms with Crippen molar-refractivity contribution in [2.45, 2.75) is 47.0 Å². The van der Waals surface area contributed by atoms with Gasteiger partial charge >= 0.3 is 0 Å². The van der Waals surface area contributed by atoms with Gasteiger partial charge in [0.25, 0.3) is 0 Å². The van der Waals surface area contributed by atoms with Gasteiger partial charge in [-0.1, -0.05) is 39.0 Å².